The highest BCUT2D eigenvalue weighted by atomic mass is 16.5. The molecule has 1 aliphatic heterocycles. The largest absolute Gasteiger partial charge is 0.497 e. The molecule has 4 heteroatoms. The Hall–Kier alpha value is -2.75. The topological polar surface area (TPSA) is 39.1 Å². The predicted molar refractivity (Wildman–Crippen MR) is 96.3 cm³/mol. The van der Waals surface area contributed by atoms with Gasteiger partial charge < -0.3 is 10.1 Å². The molecule has 1 aliphatic rings. The SMILES string of the molecule is COc1cccc(Cc2nn(-c3cccc(C)c3)c3c2CCN3)c1. The summed E-state index contributed by atoms with van der Waals surface area (Å²) in [5.41, 5.74) is 6.05. The average molecular weight is 319 g/mol. The maximum absolute atomic E-state index is 5.33. The first-order chi connectivity index (χ1) is 11.7. The Balaban J connectivity index is 1.73. The fraction of sp³-hybridized carbons (Fsp3) is 0.250. The summed E-state index contributed by atoms with van der Waals surface area (Å²) >= 11 is 0. The average Bonchev–Trinajstić information content (AvgIpc) is 3.19. The third-order valence-corrected chi connectivity index (χ3v) is 4.49. The molecule has 4 nitrogen and oxygen atoms in total. The van der Waals surface area contributed by atoms with Crippen LogP contribution in [-0.4, -0.2) is 23.4 Å². The predicted octanol–water partition coefficient (Wildman–Crippen LogP) is 3.75. The van der Waals surface area contributed by atoms with Crippen LogP contribution in [0.15, 0.2) is 48.5 Å². The van der Waals surface area contributed by atoms with Crippen molar-refractivity contribution in [3.63, 3.8) is 0 Å². The molecule has 24 heavy (non-hydrogen) atoms. The van der Waals surface area contributed by atoms with E-state index in [9.17, 15) is 0 Å². The first-order valence-corrected chi connectivity index (χ1v) is 8.29. The van der Waals surface area contributed by atoms with Gasteiger partial charge in [0.05, 0.1) is 18.5 Å². The molecule has 0 fully saturated rings. The number of nitrogens with zero attached hydrogens (tertiary/aromatic N) is 2. The summed E-state index contributed by atoms with van der Waals surface area (Å²) in [6.07, 6.45) is 1.85. The Bertz CT molecular complexity index is 882. The van der Waals surface area contributed by atoms with Crippen LogP contribution in [-0.2, 0) is 12.8 Å². The van der Waals surface area contributed by atoms with Crippen molar-refractivity contribution < 1.29 is 4.74 Å². The Kier molecular flexibility index (Phi) is 3.73. The quantitative estimate of drug-likeness (QED) is 0.796. The third-order valence-electron chi connectivity index (χ3n) is 4.49. The van der Waals surface area contributed by atoms with Crippen molar-refractivity contribution in [1.82, 2.24) is 9.78 Å². The van der Waals surface area contributed by atoms with Gasteiger partial charge >= 0.3 is 0 Å². The number of hydrogen-bond acceptors (Lipinski definition) is 3. The first kappa shape index (κ1) is 14.8. The van der Waals surface area contributed by atoms with Crippen LogP contribution in [0.4, 0.5) is 5.82 Å². The van der Waals surface area contributed by atoms with Crippen LogP contribution in [0.3, 0.4) is 0 Å². The number of fused-ring (bicyclic) bond motifs is 1. The maximum atomic E-state index is 5.33. The summed E-state index contributed by atoms with van der Waals surface area (Å²) in [4.78, 5) is 0. The number of benzene rings is 2. The van der Waals surface area contributed by atoms with Gasteiger partial charge in [0.1, 0.15) is 11.6 Å². The Morgan fingerprint density at radius 3 is 2.88 bits per heavy atom. The number of ether oxygens (including phenoxy) is 1. The number of hydrogen-bond donors (Lipinski definition) is 1. The molecule has 0 spiro atoms. The van der Waals surface area contributed by atoms with Crippen molar-refractivity contribution in [2.45, 2.75) is 19.8 Å². The Morgan fingerprint density at radius 2 is 2.04 bits per heavy atom. The molecular formula is C20H21N3O. The van der Waals surface area contributed by atoms with E-state index in [1.807, 2.05) is 16.8 Å². The normalized spacial score (nSPS) is 12.8. The molecular weight excluding hydrogens is 298 g/mol. The van der Waals surface area contributed by atoms with E-state index in [4.69, 9.17) is 9.84 Å². The highest BCUT2D eigenvalue weighted by molar-refractivity contribution is 5.58. The van der Waals surface area contributed by atoms with Gasteiger partial charge in [-0.3, -0.25) is 0 Å². The molecule has 1 N–H and O–H groups in total. The van der Waals surface area contributed by atoms with E-state index in [-0.39, 0.29) is 0 Å². The molecule has 0 aliphatic carbocycles. The minimum Gasteiger partial charge on any atom is -0.497 e. The van der Waals surface area contributed by atoms with E-state index < -0.39 is 0 Å². The van der Waals surface area contributed by atoms with Crippen molar-refractivity contribution in [1.29, 1.82) is 0 Å². The minimum absolute atomic E-state index is 0.819. The van der Waals surface area contributed by atoms with Crippen molar-refractivity contribution in [3.05, 3.63) is 70.9 Å². The lowest BCUT2D eigenvalue weighted by atomic mass is 10.1. The molecule has 122 valence electrons. The van der Waals surface area contributed by atoms with Gasteiger partial charge in [0.2, 0.25) is 0 Å². The molecule has 2 heterocycles. The highest BCUT2D eigenvalue weighted by Crippen LogP contribution is 2.30. The van der Waals surface area contributed by atoms with Crippen LogP contribution in [0, 0.1) is 6.92 Å². The molecule has 0 unspecified atom stereocenters. The summed E-state index contributed by atoms with van der Waals surface area (Å²) in [6.45, 7) is 3.09. The van der Waals surface area contributed by atoms with Crippen LogP contribution < -0.4 is 10.1 Å². The molecule has 0 bridgehead atoms. The monoisotopic (exact) mass is 319 g/mol. The number of aryl methyl sites for hydroxylation is 1. The zero-order chi connectivity index (χ0) is 16.5. The molecule has 3 aromatic rings. The van der Waals surface area contributed by atoms with Gasteiger partial charge in [0.25, 0.3) is 0 Å². The summed E-state index contributed by atoms with van der Waals surface area (Å²) in [5.74, 6) is 2.03. The van der Waals surface area contributed by atoms with Gasteiger partial charge in [-0.15, -0.1) is 0 Å². The summed E-state index contributed by atoms with van der Waals surface area (Å²) < 4.78 is 7.38. The van der Waals surface area contributed by atoms with E-state index >= 15 is 0 Å². The number of anilines is 1. The molecule has 2 aromatic carbocycles. The van der Waals surface area contributed by atoms with Gasteiger partial charge in [0.15, 0.2) is 0 Å². The summed E-state index contributed by atoms with van der Waals surface area (Å²) in [5, 5.41) is 8.40. The first-order valence-electron chi connectivity index (χ1n) is 8.29. The third kappa shape index (κ3) is 2.64. The number of rotatable bonds is 4. The minimum atomic E-state index is 0.819. The van der Waals surface area contributed by atoms with Gasteiger partial charge in [-0.05, 0) is 48.7 Å². The summed E-state index contributed by atoms with van der Waals surface area (Å²) in [6, 6.07) is 16.7. The Morgan fingerprint density at radius 1 is 1.17 bits per heavy atom. The number of aromatic nitrogens is 2. The maximum Gasteiger partial charge on any atom is 0.133 e. The van der Waals surface area contributed by atoms with E-state index in [1.54, 1.807) is 7.11 Å². The highest BCUT2D eigenvalue weighted by Gasteiger charge is 2.23. The second-order valence-corrected chi connectivity index (χ2v) is 6.23. The standard InChI is InChI=1S/C20H21N3O/c1-14-5-3-7-16(11-14)23-20-18(9-10-21-20)19(22-23)13-15-6-4-8-17(12-15)24-2/h3-8,11-12,21H,9-10,13H2,1-2H3. The fourth-order valence-electron chi connectivity index (χ4n) is 3.31. The van der Waals surface area contributed by atoms with Gasteiger partial charge in [-0.2, -0.15) is 5.10 Å². The fourth-order valence-corrected chi connectivity index (χ4v) is 3.31. The smallest absolute Gasteiger partial charge is 0.133 e. The van der Waals surface area contributed by atoms with Crippen LogP contribution in [0.2, 0.25) is 0 Å². The van der Waals surface area contributed by atoms with Crippen LogP contribution >= 0.6 is 0 Å². The van der Waals surface area contributed by atoms with Crippen LogP contribution in [0.25, 0.3) is 5.69 Å². The van der Waals surface area contributed by atoms with Crippen molar-refractivity contribution >= 4 is 5.82 Å². The molecule has 0 atom stereocenters. The van der Waals surface area contributed by atoms with E-state index in [1.165, 1.54) is 16.7 Å². The zero-order valence-corrected chi connectivity index (χ0v) is 14.0. The van der Waals surface area contributed by atoms with Crippen molar-refractivity contribution in [2.75, 3.05) is 19.0 Å². The van der Waals surface area contributed by atoms with E-state index in [2.05, 4.69) is 48.6 Å². The molecule has 4 rings (SSSR count). The second-order valence-electron chi connectivity index (χ2n) is 6.23. The molecule has 1 aromatic heterocycles. The molecule has 0 radical (unpaired) electrons. The molecule has 0 amide bonds. The second kappa shape index (κ2) is 6.04. The summed E-state index contributed by atoms with van der Waals surface area (Å²) in [7, 11) is 1.70. The van der Waals surface area contributed by atoms with Crippen LogP contribution in [0.1, 0.15) is 22.4 Å². The van der Waals surface area contributed by atoms with Gasteiger partial charge in [0, 0.05) is 18.5 Å². The van der Waals surface area contributed by atoms with Gasteiger partial charge in [-0.25, -0.2) is 4.68 Å². The lowest BCUT2D eigenvalue weighted by Crippen LogP contribution is -2.05. The van der Waals surface area contributed by atoms with E-state index in [0.29, 0.717) is 0 Å². The van der Waals surface area contributed by atoms with Crippen LogP contribution in [0.5, 0.6) is 5.75 Å². The lowest BCUT2D eigenvalue weighted by molar-refractivity contribution is 0.414. The number of nitrogens with one attached hydrogen (secondary N) is 1. The van der Waals surface area contributed by atoms with Crippen molar-refractivity contribution in [2.24, 2.45) is 0 Å². The zero-order valence-electron chi connectivity index (χ0n) is 14.0. The Labute approximate surface area is 142 Å². The molecule has 0 saturated carbocycles. The lowest BCUT2D eigenvalue weighted by Gasteiger charge is -2.07. The van der Waals surface area contributed by atoms with E-state index in [0.717, 1.165) is 42.3 Å². The molecule has 0 saturated heterocycles. The van der Waals surface area contributed by atoms with Crippen molar-refractivity contribution in [3.8, 4) is 11.4 Å². The van der Waals surface area contributed by atoms with Gasteiger partial charge in [-0.1, -0.05) is 24.3 Å². The number of methoxy groups -OCH3 is 1.